The number of carboxylic acids is 1. The van der Waals surface area contributed by atoms with Gasteiger partial charge in [-0.2, -0.15) is 0 Å². The Morgan fingerprint density at radius 3 is 2.56 bits per heavy atom. The molecule has 0 atom stereocenters. The second-order valence-corrected chi connectivity index (χ2v) is 13.9. The molecule has 0 unspecified atom stereocenters. The van der Waals surface area contributed by atoms with Crippen molar-refractivity contribution in [2.24, 2.45) is 10.8 Å². The molecule has 2 saturated heterocycles. The van der Waals surface area contributed by atoms with Crippen molar-refractivity contribution >= 4 is 12.0 Å². The summed E-state index contributed by atoms with van der Waals surface area (Å²) >= 11 is 0. The number of aryl methyl sites for hydroxylation is 1. The van der Waals surface area contributed by atoms with E-state index < -0.39 is 5.97 Å². The average Bonchev–Trinajstić information content (AvgIpc) is 3.72. The van der Waals surface area contributed by atoms with Gasteiger partial charge < -0.3 is 24.5 Å². The molecule has 2 N–H and O–H groups in total. The van der Waals surface area contributed by atoms with Crippen molar-refractivity contribution in [3.8, 4) is 0 Å². The fourth-order valence-corrected chi connectivity index (χ4v) is 6.83. The summed E-state index contributed by atoms with van der Waals surface area (Å²) in [6.45, 7) is 17.4. The van der Waals surface area contributed by atoms with E-state index in [0.29, 0.717) is 30.5 Å². The maximum Gasteiger partial charge on any atom is 0.328 e. The Kier molecular flexibility index (Phi) is 10.2. The highest BCUT2D eigenvalue weighted by atomic mass is 16.4. The first-order chi connectivity index (χ1) is 20.6. The maximum absolute atomic E-state index is 11.0. The highest BCUT2D eigenvalue weighted by Gasteiger charge is 2.40. The molecule has 0 radical (unpaired) electrons. The molecule has 2 aromatic heterocycles. The zero-order chi connectivity index (χ0) is 30.3. The van der Waals surface area contributed by atoms with E-state index in [4.69, 9.17) is 10.1 Å². The minimum absolute atomic E-state index is 0.375. The van der Waals surface area contributed by atoms with Gasteiger partial charge in [0.25, 0.3) is 0 Å². The number of H-pyrrole nitrogens is 1. The van der Waals surface area contributed by atoms with E-state index in [1.54, 1.807) is 12.3 Å². The van der Waals surface area contributed by atoms with Gasteiger partial charge in [0, 0.05) is 57.0 Å². The van der Waals surface area contributed by atoms with Crippen LogP contribution in [0.5, 0.6) is 0 Å². The van der Waals surface area contributed by atoms with Gasteiger partial charge in [0.15, 0.2) is 0 Å². The highest BCUT2D eigenvalue weighted by molar-refractivity contribution is 5.85. The molecular formula is C34H49N7O2. The van der Waals surface area contributed by atoms with Gasteiger partial charge in [-0.15, -0.1) is 0 Å². The molecule has 0 aliphatic carbocycles. The van der Waals surface area contributed by atoms with E-state index in [1.807, 2.05) is 30.6 Å². The van der Waals surface area contributed by atoms with E-state index >= 15 is 0 Å². The minimum atomic E-state index is -0.946. The van der Waals surface area contributed by atoms with Gasteiger partial charge in [-0.25, -0.2) is 14.8 Å². The van der Waals surface area contributed by atoms with E-state index in [2.05, 4.69) is 62.3 Å². The van der Waals surface area contributed by atoms with Gasteiger partial charge in [0.05, 0.1) is 13.1 Å². The Hall–Kier alpha value is -3.27. The monoisotopic (exact) mass is 587 g/mol. The average molecular weight is 588 g/mol. The predicted octanol–water partition coefficient (Wildman–Crippen LogP) is 5.13. The largest absolute Gasteiger partial charge is 0.478 e. The standard InChI is InChI=1S/C34H49N7O2/c1-33(2,3)26-39-19-11-34(12-20-39)10-18-38(27-34)16-5-17-41-21-15-37-31(41)25-40(24-30-35-13-14-36-30)23-29-7-4-6-28(22-29)8-9-32(42)43/h4,6-9,13-15,21-22H,5,10-12,16-20,23-27H2,1-3H3,(H,35,36)(H,42,43). The molecule has 0 bridgehead atoms. The minimum Gasteiger partial charge on any atom is -0.478 e. The first-order valence-electron chi connectivity index (χ1n) is 15.8. The number of hydrogen-bond acceptors (Lipinski definition) is 6. The van der Waals surface area contributed by atoms with Crippen LogP contribution in [0.1, 0.15) is 69.2 Å². The van der Waals surface area contributed by atoms with Gasteiger partial charge in [0.2, 0.25) is 0 Å². The smallest absolute Gasteiger partial charge is 0.328 e. The predicted molar refractivity (Wildman–Crippen MR) is 170 cm³/mol. The number of carbonyl (C=O) groups is 1. The normalized spacial score (nSPS) is 18.0. The van der Waals surface area contributed by atoms with Crippen molar-refractivity contribution in [2.75, 3.05) is 39.3 Å². The number of aromatic amines is 1. The number of rotatable bonds is 13. The van der Waals surface area contributed by atoms with E-state index in [-0.39, 0.29) is 0 Å². The Bertz CT molecular complexity index is 1330. The Morgan fingerprint density at radius 1 is 1.05 bits per heavy atom. The van der Waals surface area contributed by atoms with Crippen LogP contribution >= 0.6 is 0 Å². The maximum atomic E-state index is 11.0. The molecule has 2 aliphatic rings. The fourth-order valence-electron chi connectivity index (χ4n) is 6.83. The van der Waals surface area contributed by atoms with E-state index in [1.165, 1.54) is 58.1 Å². The Labute approximate surface area is 256 Å². The number of nitrogens with zero attached hydrogens (tertiary/aromatic N) is 6. The van der Waals surface area contributed by atoms with Crippen molar-refractivity contribution in [1.82, 2.24) is 34.2 Å². The van der Waals surface area contributed by atoms with Crippen LogP contribution in [0.25, 0.3) is 6.08 Å². The molecule has 1 aromatic carbocycles. The van der Waals surface area contributed by atoms with E-state index in [0.717, 1.165) is 42.3 Å². The topological polar surface area (TPSA) is 93.5 Å². The summed E-state index contributed by atoms with van der Waals surface area (Å²) in [5, 5.41) is 9.01. The summed E-state index contributed by atoms with van der Waals surface area (Å²) in [4.78, 5) is 31.1. The fraction of sp³-hybridized carbons (Fsp3) is 0.559. The molecule has 4 heterocycles. The van der Waals surface area contributed by atoms with Crippen molar-refractivity contribution in [2.45, 2.75) is 72.6 Å². The molecule has 0 saturated carbocycles. The van der Waals surface area contributed by atoms with Crippen molar-refractivity contribution in [3.63, 3.8) is 0 Å². The summed E-state index contributed by atoms with van der Waals surface area (Å²) < 4.78 is 2.30. The van der Waals surface area contributed by atoms with Crippen LogP contribution in [-0.4, -0.2) is 84.6 Å². The van der Waals surface area contributed by atoms with Gasteiger partial charge in [-0.05, 0) is 79.9 Å². The molecule has 0 amide bonds. The summed E-state index contributed by atoms with van der Waals surface area (Å²) in [7, 11) is 0. The van der Waals surface area contributed by atoms with Crippen LogP contribution in [-0.2, 0) is 31.0 Å². The van der Waals surface area contributed by atoms with Gasteiger partial charge in [0.1, 0.15) is 11.6 Å². The molecule has 5 rings (SSSR count). The lowest BCUT2D eigenvalue weighted by Gasteiger charge is -2.41. The quantitative estimate of drug-likeness (QED) is 0.268. The van der Waals surface area contributed by atoms with Crippen LogP contribution < -0.4 is 0 Å². The molecule has 232 valence electrons. The molecule has 1 spiro atoms. The summed E-state index contributed by atoms with van der Waals surface area (Å²) in [5.41, 5.74) is 2.89. The number of benzene rings is 1. The number of aliphatic carboxylic acids is 1. The van der Waals surface area contributed by atoms with Crippen LogP contribution in [0.15, 0.2) is 55.1 Å². The number of nitrogens with one attached hydrogen (secondary N) is 1. The zero-order valence-corrected chi connectivity index (χ0v) is 26.2. The van der Waals surface area contributed by atoms with Crippen LogP contribution in [0, 0.1) is 10.8 Å². The first kappa shape index (κ1) is 31.2. The third kappa shape index (κ3) is 9.36. The van der Waals surface area contributed by atoms with Crippen LogP contribution in [0.3, 0.4) is 0 Å². The van der Waals surface area contributed by atoms with Gasteiger partial charge >= 0.3 is 5.97 Å². The Balaban J connectivity index is 1.14. The number of likely N-dealkylation sites (tertiary alicyclic amines) is 2. The second-order valence-electron chi connectivity index (χ2n) is 13.9. The Morgan fingerprint density at radius 2 is 1.84 bits per heavy atom. The second kappa shape index (κ2) is 14.0. The third-order valence-corrected chi connectivity index (χ3v) is 8.88. The summed E-state index contributed by atoms with van der Waals surface area (Å²) in [5.74, 6) is 1.02. The van der Waals surface area contributed by atoms with Crippen LogP contribution in [0.4, 0.5) is 0 Å². The molecule has 43 heavy (non-hydrogen) atoms. The third-order valence-electron chi connectivity index (χ3n) is 8.88. The summed E-state index contributed by atoms with van der Waals surface area (Å²) in [6.07, 6.45) is 15.6. The molecule has 9 heteroatoms. The lowest BCUT2D eigenvalue weighted by Crippen LogP contribution is -2.44. The number of imidazole rings is 2. The molecular weight excluding hydrogens is 538 g/mol. The molecule has 2 aliphatic heterocycles. The zero-order valence-electron chi connectivity index (χ0n) is 26.2. The molecule has 9 nitrogen and oxygen atoms in total. The molecule has 2 fully saturated rings. The van der Waals surface area contributed by atoms with Crippen molar-refractivity contribution in [1.29, 1.82) is 0 Å². The SMILES string of the molecule is CC(C)(C)CN1CCC2(CC1)CCN(CCCn1ccnc1CN(Cc1cccc(C=CC(=O)O)c1)Cc1ncc[nH]1)C2. The number of aromatic nitrogens is 4. The lowest BCUT2D eigenvalue weighted by atomic mass is 9.77. The van der Waals surface area contributed by atoms with Crippen molar-refractivity contribution < 1.29 is 9.90 Å². The van der Waals surface area contributed by atoms with Crippen LogP contribution in [0.2, 0.25) is 0 Å². The molecule has 3 aromatic rings. The first-order valence-corrected chi connectivity index (χ1v) is 15.8. The lowest BCUT2D eigenvalue weighted by molar-refractivity contribution is -0.131. The van der Waals surface area contributed by atoms with Gasteiger partial charge in [-0.3, -0.25) is 4.90 Å². The highest BCUT2D eigenvalue weighted by Crippen LogP contribution is 2.40. The number of hydrogen-bond donors (Lipinski definition) is 2. The number of carboxylic acid groups (broad SMARTS) is 1. The van der Waals surface area contributed by atoms with Crippen molar-refractivity contribution in [3.05, 3.63) is 77.9 Å². The van der Waals surface area contributed by atoms with E-state index in [9.17, 15) is 4.79 Å². The number of piperidine rings is 1. The van der Waals surface area contributed by atoms with Gasteiger partial charge in [-0.1, -0.05) is 45.0 Å². The summed E-state index contributed by atoms with van der Waals surface area (Å²) in [6, 6.07) is 8.01.